The summed E-state index contributed by atoms with van der Waals surface area (Å²) in [6, 6.07) is 8.73. The third kappa shape index (κ3) is 6.31. The second kappa shape index (κ2) is 9.70. The summed E-state index contributed by atoms with van der Waals surface area (Å²) in [6.45, 7) is 4.06. The topological polar surface area (TPSA) is 84.0 Å². The summed E-state index contributed by atoms with van der Waals surface area (Å²) in [6.07, 6.45) is 5.28. The van der Waals surface area contributed by atoms with Gasteiger partial charge >= 0.3 is 0 Å². The Kier molecular flexibility index (Phi) is 7.32. The van der Waals surface area contributed by atoms with Crippen molar-refractivity contribution in [1.82, 2.24) is 20.6 Å². The van der Waals surface area contributed by atoms with Crippen molar-refractivity contribution in [3.63, 3.8) is 0 Å². The molecule has 0 spiro atoms. The fourth-order valence-corrected chi connectivity index (χ4v) is 2.56. The molecular weight excluding hydrogens is 327 g/mol. The Bertz CT molecular complexity index is 710. The molecule has 0 bridgehead atoms. The first-order valence-electron chi connectivity index (χ1n) is 8.62. The smallest absolute Gasteiger partial charge is 0.272 e. The van der Waals surface area contributed by atoms with Crippen molar-refractivity contribution in [2.24, 2.45) is 5.92 Å². The highest BCUT2D eigenvalue weighted by Gasteiger charge is 2.23. The van der Waals surface area contributed by atoms with Gasteiger partial charge < -0.3 is 10.6 Å². The molecule has 0 saturated heterocycles. The molecule has 2 N–H and O–H groups in total. The van der Waals surface area contributed by atoms with Crippen molar-refractivity contribution in [3.8, 4) is 0 Å². The van der Waals surface area contributed by atoms with Gasteiger partial charge in [-0.2, -0.15) is 0 Å². The third-order valence-corrected chi connectivity index (χ3v) is 3.75. The van der Waals surface area contributed by atoms with Crippen LogP contribution in [0.5, 0.6) is 0 Å². The monoisotopic (exact) mass is 350 g/mol. The number of aromatic nitrogens is 2. The molecule has 2 aromatic rings. The lowest BCUT2D eigenvalue weighted by Crippen LogP contribution is -2.51. The van der Waals surface area contributed by atoms with Crippen molar-refractivity contribution >= 4 is 19.7 Å². The zero-order chi connectivity index (χ0) is 18.9. The first-order valence-corrected chi connectivity index (χ1v) is 8.62. The molecule has 6 nitrogen and oxygen atoms in total. The van der Waals surface area contributed by atoms with Gasteiger partial charge in [0.15, 0.2) is 0 Å². The molecule has 0 aliphatic carbocycles. The van der Waals surface area contributed by atoms with Crippen LogP contribution in [0, 0.1) is 5.92 Å². The average molecular weight is 350 g/mol. The van der Waals surface area contributed by atoms with Crippen molar-refractivity contribution in [2.75, 3.05) is 0 Å². The highest BCUT2D eigenvalue weighted by molar-refractivity contribution is 6.13. The van der Waals surface area contributed by atoms with Gasteiger partial charge in [-0.1, -0.05) is 44.2 Å². The van der Waals surface area contributed by atoms with Crippen molar-refractivity contribution < 1.29 is 9.59 Å². The molecule has 1 aromatic heterocycles. The van der Waals surface area contributed by atoms with Crippen LogP contribution >= 0.6 is 0 Å². The van der Waals surface area contributed by atoms with E-state index < -0.39 is 17.9 Å². The standard InChI is InChI=1S/C19H23BN4O2/c1-13(2)10-17(20)24-18(25)15(11-14-6-4-3-5-7-14)23-19(26)16-12-21-8-9-22-16/h3-9,12-13,15,17H,10-11H2,1-2H3,(H,23,26)(H,24,25)/t15-,17?/m0/s1. The van der Waals surface area contributed by atoms with Gasteiger partial charge in [-0.25, -0.2) is 4.98 Å². The van der Waals surface area contributed by atoms with Gasteiger partial charge in [-0.15, -0.1) is 0 Å². The fraction of sp³-hybridized carbons (Fsp3) is 0.368. The summed E-state index contributed by atoms with van der Waals surface area (Å²) in [4.78, 5) is 32.9. The average Bonchev–Trinajstić information content (AvgIpc) is 2.62. The second-order valence-corrected chi connectivity index (χ2v) is 6.55. The lowest BCUT2D eigenvalue weighted by molar-refractivity contribution is -0.123. The highest BCUT2D eigenvalue weighted by atomic mass is 16.2. The molecule has 0 aliphatic heterocycles. The molecule has 2 atom stereocenters. The van der Waals surface area contributed by atoms with E-state index in [1.807, 2.05) is 44.2 Å². The molecule has 2 amide bonds. The summed E-state index contributed by atoms with van der Waals surface area (Å²) >= 11 is 0. The first kappa shape index (κ1) is 19.6. The molecule has 0 aliphatic rings. The number of carbonyl (C=O) groups is 2. The van der Waals surface area contributed by atoms with Gasteiger partial charge in [0.25, 0.3) is 5.91 Å². The molecule has 134 valence electrons. The van der Waals surface area contributed by atoms with Crippen molar-refractivity contribution in [3.05, 3.63) is 60.2 Å². The Morgan fingerprint density at radius 2 is 1.85 bits per heavy atom. The summed E-state index contributed by atoms with van der Waals surface area (Å²) in [7, 11) is 5.98. The van der Waals surface area contributed by atoms with E-state index in [4.69, 9.17) is 7.85 Å². The Labute approximate surface area is 155 Å². The van der Waals surface area contributed by atoms with E-state index in [0.717, 1.165) is 5.56 Å². The predicted molar refractivity (Wildman–Crippen MR) is 101 cm³/mol. The number of hydrogen-bond donors (Lipinski definition) is 2. The Hall–Kier alpha value is -2.70. The Morgan fingerprint density at radius 3 is 2.46 bits per heavy atom. The Balaban J connectivity index is 2.10. The van der Waals surface area contributed by atoms with E-state index in [9.17, 15) is 9.59 Å². The summed E-state index contributed by atoms with van der Waals surface area (Å²) in [5.41, 5.74) is 1.09. The zero-order valence-electron chi connectivity index (χ0n) is 15.1. The lowest BCUT2D eigenvalue weighted by Gasteiger charge is -2.22. The first-order chi connectivity index (χ1) is 12.5. The largest absolute Gasteiger partial charge is 0.360 e. The third-order valence-electron chi connectivity index (χ3n) is 3.75. The van der Waals surface area contributed by atoms with Gasteiger partial charge in [-0.05, 0) is 23.8 Å². The number of benzene rings is 1. The SMILES string of the molecule is [B]C(CC(C)C)NC(=O)[C@H](Cc1ccccc1)NC(=O)c1cnccn1. The van der Waals surface area contributed by atoms with Crippen LogP contribution in [0.3, 0.4) is 0 Å². The maximum absolute atomic E-state index is 12.7. The van der Waals surface area contributed by atoms with Gasteiger partial charge in [0, 0.05) is 18.8 Å². The molecule has 2 rings (SSSR count). The van der Waals surface area contributed by atoms with Gasteiger partial charge in [0.2, 0.25) is 5.91 Å². The van der Waals surface area contributed by atoms with Crippen LogP contribution < -0.4 is 10.6 Å². The molecular formula is C19H23BN4O2. The number of rotatable bonds is 8. The van der Waals surface area contributed by atoms with Gasteiger partial charge in [0.05, 0.1) is 14.0 Å². The number of hydrogen-bond acceptors (Lipinski definition) is 4. The molecule has 1 aromatic carbocycles. The number of amides is 2. The molecule has 2 radical (unpaired) electrons. The normalized spacial score (nSPS) is 13.0. The van der Waals surface area contributed by atoms with E-state index in [0.29, 0.717) is 18.8 Å². The van der Waals surface area contributed by atoms with Crippen LogP contribution in [0.1, 0.15) is 36.3 Å². The second-order valence-electron chi connectivity index (χ2n) is 6.55. The quantitative estimate of drug-likeness (QED) is 0.707. The van der Waals surface area contributed by atoms with Gasteiger partial charge in [-0.3, -0.25) is 14.6 Å². The molecule has 1 unspecified atom stereocenters. The minimum atomic E-state index is -0.759. The molecule has 1 heterocycles. The summed E-state index contributed by atoms with van der Waals surface area (Å²) < 4.78 is 0. The maximum atomic E-state index is 12.7. The zero-order valence-corrected chi connectivity index (χ0v) is 15.1. The molecule has 7 heteroatoms. The van der Waals surface area contributed by atoms with E-state index in [1.165, 1.54) is 18.6 Å². The van der Waals surface area contributed by atoms with Gasteiger partial charge in [0.1, 0.15) is 11.7 Å². The van der Waals surface area contributed by atoms with Crippen LogP contribution in [-0.2, 0) is 11.2 Å². The minimum absolute atomic E-state index is 0.157. The molecule has 0 saturated carbocycles. The minimum Gasteiger partial charge on any atom is -0.360 e. The van der Waals surface area contributed by atoms with Crippen LogP contribution in [-0.4, -0.2) is 41.6 Å². The van der Waals surface area contributed by atoms with E-state index in [-0.39, 0.29) is 11.6 Å². The Morgan fingerprint density at radius 1 is 1.12 bits per heavy atom. The lowest BCUT2D eigenvalue weighted by atomic mass is 9.87. The number of carbonyl (C=O) groups excluding carboxylic acids is 2. The van der Waals surface area contributed by atoms with Crippen LogP contribution in [0.2, 0.25) is 0 Å². The number of nitrogens with zero attached hydrogens (tertiary/aromatic N) is 2. The fourth-order valence-electron chi connectivity index (χ4n) is 2.56. The van der Waals surface area contributed by atoms with Crippen LogP contribution in [0.15, 0.2) is 48.9 Å². The van der Waals surface area contributed by atoms with Crippen molar-refractivity contribution in [1.29, 1.82) is 0 Å². The van der Waals surface area contributed by atoms with Crippen molar-refractivity contribution in [2.45, 2.75) is 38.7 Å². The molecule has 0 fully saturated rings. The predicted octanol–water partition coefficient (Wildman–Crippen LogP) is 1.47. The van der Waals surface area contributed by atoms with E-state index in [2.05, 4.69) is 20.6 Å². The summed E-state index contributed by atoms with van der Waals surface area (Å²) in [5.74, 6) is -0.882. The highest BCUT2D eigenvalue weighted by Crippen LogP contribution is 2.07. The van der Waals surface area contributed by atoms with Crippen LogP contribution in [0.4, 0.5) is 0 Å². The number of nitrogens with one attached hydrogen (secondary N) is 2. The van der Waals surface area contributed by atoms with E-state index >= 15 is 0 Å². The molecule has 26 heavy (non-hydrogen) atoms. The van der Waals surface area contributed by atoms with Crippen LogP contribution in [0.25, 0.3) is 0 Å². The maximum Gasteiger partial charge on any atom is 0.272 e. The van der Waals surface area contributed by atoms with E-state index in [1.54, 1.807) is 0 Å². The summed E-state index contributed by atoms with van der Waals surface area (Å²) in [5, 5.41) is 5.51.